The predicted octanol–water partition coefficient (Wildman–Crippen LogP) is 5.25. The summed E-state index contributed by atoms with van der Waals surface area (Å²) in [5, 5.41) is 11.2. The van der Waals surface area contributed by atoms with Crippen LogP contribution in [0.2, 0.25) is 0 Å². The Hall–Kier alpha value is -2.34. The van der Waals surface area contributed by atoms with Gasteiger partial charge in [-0.1, -0.05) is 31.7 Å². The van der Waals surface area contributed by atoms with Gasteiger partial charge in [0.25, 0.3) is 15.8 Å². The van der Waals surface area contributed by atoms with E-state index in [1.165, 1.54) is 37.3 Å². The van der Waals surface area contributed by atoms with Gasteiger partial charge in [-0.3, -0.25) is 14.7 Å². The highest BCUT2D eigenvalue weighted by Gasteiger charge is 2.33. The van der Waals surface area contributed by atoms with Crippen LogP contribution in [0.25, 0.3) is 0 Å². The smallest absolute Gasteiger partial charge is 0.294 e. The number of benzene rings is 2. The third kappa shape index (κ3) is 6.39. The van der Waals surface area contributed by atoms with Crippen LogP contribution in [-0.2, 0) is 27.7 Å². The normalized spacial score (nSPS) is 20.3. The molecular formula is C26H33NO8S2. The van der Waals surface area contributed by atoms with Crippen molar-refractivity contribution in [3.8, 4) is 11.5 Å². The molecule has 0 spiro atoms. The minimum absolute atomic E-state index is 0.0161. The van der Waals surface area contributed by atoms with E-state index < -0.39 is 15.0 Å². The van der Waals surface area contributed by atoms with Crippen molar-refractivity contribution < 1.29 is 32.1 Å². The van der Waals surface area contributed by atoms with Crippen LogP contribution in [0.15, 0.2) is 35.2 Å². The fourth-order valence-electron chi connectivity index (χ4n) is 5.55. The number of hydrogen-bond donors (Lipinski definition) is 1. The molecule has 2 aliphatic rings. The quantitative estimate of drug-likeness (QED) is 0.182. The summed E-state index contributed by atoms with van der Waals surface area (Å²) in [5.41, 5.74) is 2.21. The molecule has 0 bridgehead atoms. The first-order chi connectivity index (χ1) is 17.7. The Labute approximate surface area is 221 Å². The summed E-state index contributed by atoms with van der Waals surface area (Å²) in [5.74, 6) is 3.69. The molecular weight excluding hydrogens is 518 g/mol. The number of nitrogens with zero attached hydrogens (tertiary/aromatic N) is 1. The monoisotopic (exact) mass is 551 g/mol. The maximum absolute atomic E-state index is 11.8. The number of methoxy groups -OCH3 is 2. The zero-order valence-corrected chi connectivity index (χ0v) is 22.7. The molecule has 0 saturated heterocycles. The van der Waals surface area contributed by atoms with Crippen molar-refractivity contribution in [3.05, 3.63) is 57.1 Å². The van der Waals surface area contributed by atoms with E-state index in [-0.39, 0.29) is 34.4 Å². The topological polar surface area (TPSA) is 125 Å². The lowest BCUT2D eigenvalue weighted by molar-refractivity contribution is -0.385. The highest BCUT2D eigenvalue weighted by molar-refractivity contribution is 7.99. The number of hydrogen-bond acceptors (Lipinski definition) is 8. The maximum atomic E-state index is 11.8. The molecule has 1 aliphatic carbocycles. The highest BCUT2D eigenvalue weighted by atomic mass is 32.2. The summed E-state index contributed by atoms with van der Waals surface area (Å²) < 4.78 is 50.5. The van der Waals surface area contributed by atoms with Gasteiger partial charge in [0.2, 0.25) is 0 Å². The average molecular weight is 552 g/mol. The summed E-state index contributed by atoms with van der Waals surface area (Å²) in [6, 6.07) is 7.37. The van der Waals surface area contributed by atoms with E-state index >= 15 is 0 Å². The minimum atomic E-state index is -4.52. The Morgan fingerprint density at radius 1 is 1.11 bits per heavy atom. The Morgan fingerprint density at radius 3 is 2.51 bits per heavy atom. The van der Waals surface area contributed by atoms with Gasteiger partial charge in [-0.05, 0) is 53.7 Å². The summed E-state index contributed by atoms with van der Waals surface area (Å²) in [7, 11) is -1.27. The summed E-state index contributed by atoms with van der Waals surface area (Å²) in [6.45, 7) is 0.489. The molecule has 11 heteroatoms. The molecule has 9 nitrogen and oxygen atoms in total. The number of ether oxygens (including phenoxy) is 3. The molecule has 1 saturated carbocycles. The van der Waals surface area contributed by atoms with E-state index in [0.29, 0.717) is 24.0 Å². The van der Waals surface area contributed by atoms with Crippen molar-refractivity contribution in [1.82, 2.24) is 0 Å². The second-order valence-electron chi connectivity index (χ2n) is 9.55. The molecule has 1 N–H and O–H groups in total. The molecule has 0 amide bonds. The minimum Gasteiger partial charge on any atom is -0.493 e. The molecule has 202 valence electrons. The number of nitro groups is 1. The van der Waals surface area contributed by atoms with E-state index in [9.17, 15) is 23.1 Å². The molecule has 0 radical (unpaired) electrons. The van der Waals surface area contributed by atoms with Gasteiger partial charge >= 0.3 is 0 Å². The van der Waals surface area contributed by atoms with Gasteiger partial charge in [-0.25, -0.2) is 0 Å². The lowest BCUT2D eigenvalue weighted by Crippen LogP contribution is -2.16. The zero-order chi connectivity index (χ0) is 26.6. The van der Waals surface area contributed by atoms with Crippen LogP contribution in [0.1, 0.15) is 47.6 Å². The fourth-order valence-corrected chi connectivity index (χ4v) is 7.77. The average Bonchev–Trinajstić information content (AvgIpc) is 3.34. The molecule has 37 heavy (non-hydrogen) atoms. The Kier molecular flexibility index (Phi) is 8.99. The molecule has 1 heterocycles. The second kappa shape index (κ2) is 12.0. The Morgan fingerprint density at radius 2 is 1.86 bits per heavy atom. The Bertz CT molecular complexity index is 1230. The summed E-state index contributed by atoms with van der Waals surface area (Å²) in [6.07, 6.45) is 6.21. The SMILES string of the molecule is COc1ccc2c(c1OC)C(COCCc1cc([N+](=O)[O-])ccc1S(=O)(=O)O)SCC(C1CCCC1)C2. The highest BCUT2D eigenvalue weighted by Crippen LogP contribution is 2.48. The largest absolute Gasteiger partial charge is 0.493 e. The molecule has 4 rings (SSSR count). The van der Waals surface area contributed by atoms with Gasteiger partial charge < -0.3 is 14.2 Å². The Balaban J connectivity index is 1.53. The molecule has 2 aromatic carbocycles. The van der Waals surface area contributed by atoms with Crippen LogP contribution in [-0.4, -0.2) is 51.1 Å². The molecule has 1 aliphatic heterocycles. The zero-order valence-electron chi connectivity index (χ0n) is 21.1. The first-order valence-electron chi connectivity index (χ1n) is 12.4. The summed E-state index contributed by atoms with van der Waals surface area (Å²) >= 11 is 1.84. The van der Waals surface area contributed by atoms with E-state index in [4.69, 9.17) is 14.2 Å². The van der Waals surface area contributed by atoms with E-state index in [1.807, 2.05) is 17.8 Å². The van der Waals surface area contributed by atoms with Crippen LogP contribution < -0.4 is 9.47 Å². The van der Waals surface area contributed by atoms with Crippen LogP contribution >= 0.6 is 11.8 Å². The van der Waals surface area contributed by atoms with Crippen molar-refractivity contribution in [2.45, 2.75) is 48.7 Å². The van der Waals surface area contributed by atoms with Crippen LogP contribution in [0, 0.1) is 22.0 Å². The predicted molar refractivity (Wildman–Crippen MR) is 141 cm³/mol. The fraction of sp³-hybridized carbons (Fsp3) is 0.538. The van der Waals surface area contributed by atoms with Crippen molar-refractivity contribution >= 4 is 27.6 Å². The molecule has 0 aromatic heterocycles. The first-order valence-corrected chi connectivity index (χ1v) is 14.9. The lowest BCUT2D eigenvalue weighted by atomic mass is 9.85. The van der Waals surface area contributed by atoms with E-state index in [2.05, 4.69) is 6.07 Å². The number of fused-ring (bicyclic) bond motifs is 1. The van der Waals surface area contributed by atoms with Crippen molar-refractivity contribution in [2.24, 2.45) is 11.8 Å². The molecule has 1 fully saturated rings. The van der Waals surface area contributed by atoms with Gasteiger partial charge in [-0.15, -0.1) is 0 Å². The summed E-state index contributed by atoms with van der Waals surface area (Å²) in [4.78, 5) is 10.2. The lowest BCUT2D eigenvalue weighted by Gasteiger charge is -2.22. The molecule has 2 atom stereocenters. The number of thioether (sulfide) groups is 1. The van der Waals surface area contributed by atoms with Crippen molar-refractivity contribution in [1.29, 1.82) is 0 Å². The van der Waals surface area contributed by atoms with Gasteiger partial charge in [0.05, 0.1) is 42.5 Å². The molecule has 2 unspecified atom stereocenters. The third-order valence-corrected chi connectivity index (χ3v) is 9.72. The first kappa shape index (κ1) is 27.7. The number of non-ortho nitro benzene ring substituents is 1. The maximum Gasteiger partial charge on any atom is 0.294 e. The number of nitro benzene ring substituents is 1. The van der Waals surface area contributed by atoms with Gasteiger partial charge in [-0.2, -0.15) is 20.2 Å². The van der Waals surface area contributed by atoms with E-state index in [1.54, 1.807) is 14.2 Å². The van der Waals surface area contributed by atoms with Crippen molar-refractivity contribution in [2.75, 3.05) is 33.2 Å². The number of rotatable bonds is 10. The van der Waals surface area contributed by atoms with Crippen molar-refractivity contribution in [3.63, 3.8) is 0 Å². The van der Waals surface area contributed by atoms with E-state index in [0.717, 1.165) is 35.8 Å². The van der Waals surface area contributed by atoms with Gasteiger partial charge in [0, 0.05) is 17.7 Å². The van der Waals surface area contributed by atoms with Gasteiger partial charge in [0.1, 0.15) is 0 Å². The van der Waals surface area contributed by atoms with Gasteiger partial charge in [0.15, 0.2) is 11.5 Å². The molecule has 2 aromatic rings. The van der Waals surface area contributed by atoms with Crippen LogP contribution in [0.3, 0.4) is 0 Å². The van der Waals surface area contributed by atoms with Crippen LogP contribution in [0.5, 0.6) is 11.5 Å². The standard InChI is InChI=1S/C26H33NO8S2/c1-33-22-9-7-19-13-20(17-5-3-4-6-17)16-36-23(25(19)26(22)34-2)15-35-12-11-18-14-21(27(28)29)8-10-24(18)37(30,31)32/h7-10,14,17,20,23H,3-6,11-13,15-16H2,1-2H3,(H,30,31,32). The second-order valence-corrected chi connectivity index (χ2v) is 12.2. The van der Waals surface area contributed by atoms with Crippen LogP contribution in [0.4, 0.5) is 5.69 Å². The third-order valence-electron chi connectivity index (χ3n) is 7.37.